The van der Waals surface area contributed by atoms with Gasteiger partial charge < -0.3 is 10.3 Å². The Morgan fingerprint density at radius 1 is 1.64 bits per heavy atom. The smallest absolute Gasteiger partial charge is 0.203 e. The van der Waals surface area contributed by atoms with E-state index in [0.717, 1.165) is 13.0 Å². The number of aromatic amines is 1. The first-order valence-electron chi connectivity index (χ1n) is 3.48. The molecular formula is C6H10N4S. The van der Waals surface area contributed by atoms with Crippen molar-refractivity contribution in [1.82, 2.24) is 15.0 Å². The van der Waals surface area contributed by atoms with E-state index in [1.54, 1.807) is 0 Å². The summed E-state index contributed by atoms with van der Waals surface area (Å²) < 4.78 is 0.457. The first-order valence-corrected chi connectivity index (χ1v) is 3.89. The van der Waals surface area contributed by atoms with Gasteiger partial charge in [-0.3, -0.25) is 0 Å². The van der Waals surface area contributed by atoms with Crippen LogP contribution < -0.4 is 5.32 Å². The zero-order valence-electron chi connectivity index (χ0n) is 6.29. The standard InChI is InChI=1S/C6H10N4S/c1-2-3-7-5-8-4-9-6(11)10-5/h4H,2-3H2,1H3,(H2,7,8,9,10,11). The molecule has 2 N–H and O–H groups in total. The third-order valence-corrected chi connectivity index (χ3v) is 1.34. The van der Waals surface area contributed by atoms with Crippen molar-refractivity contribution < 1.29 is 0 Å². The van der Waals surface area contributed by atoms with Crippen molar-refractivity contribution in [2.75, 3.05) is 11.9 Å². The van der Waals surface area contributed by atoms with Crippen LogP contribution in [-0.2, 0) is 0 Å². The molecule has 0 saturated carbocycles. The van der Waals surface area contributed by atoms with Crippen LogP contribution in [-0.4, -0.2) is 21.5 Å². The van der Waals surface area contributed by atoms with Crippen molar-refractivity contribution in [2.45, 2.75) is 13.3 Å². The van der Waals surface area contributed by atoms with E-state index in [0.29, 0.717) is 10.7 Å². The van der Waals surface area contributed by atoms with E-state index in [9.17, 15) is 0 Å². The fraction of sp³-hybridized carbons (Fsp3) is 0.500. The molecule has 0 fully saturated rings. The van der Waals surface area contributed by atoms with E-state index in [1.165, 1.54) is 6.33 Å². The molecule has 1 aromatic heterocycles. The number of hydrogen-bond acceptors (Lipinski definition) is 4. The van der Waals surface area contributed by atoms with Gasteiger partial charge >= 0.3 is 0 Å². The van der Waals surface area contributed by atoms with E-state index < -0.39 is 0 Å². The summed E-state index contributed by atoms with van der Waals surface area (Å²) in [4.78, 5) is 10.5. The van der Waals surface area contributed by atoms with E-state index in [2.05, 4.69) is 27.2 Å². The highest BCUT2D eigenvalue weighted by atomic mass is 32.1. The highest BCUT2D eigenvalue weighted by Gasteiger charge is 1.89. The molecule has 4 nitrogen and oxygen atoms in total. The summed E-state index contributed by atoms with van der Waals surface area (Å²) in [5, 5.41) is 3.06. The molecule has 1 rings (SSSR count). The summed E-state index contributed by atoms with van der Waals surface area (Å²) in [5.41, 5.74) is 0. The zero-order valence-corrected chi connectivity index (χ0v) is 7.11. The summed E-state index contributed by atoms with van der Waals surface area (Å²) in [6.45, 7) is 2.98. The van der Waals surface area contributed by atoms with Crippen molar-refractivity contribution in [3.05, 3.63) is 11.1 Å². The van der Waals surface area contributed by atoms with Crippen LogP contribution in [0.3, 0.4) is 0 Å². The number of aromatic nitrogens is 3. The molecule has 0 bridgehead atoms. The lowest BCUT2D eigenvalue weighted by atomic mass is 10.5. The molecule has 0 aliphatic carbocycles. The molecule has 0 amide bonds. The van der Waals surface area contributed by atoms with Crippen molar-refractivity contribution in [1.29, 1.82) is 0 Å². The average Bonchev–Trinajstić information content (AvgIpc) is 2.01. The molecule has 0 atom stereocenters. The fourth-order valence-electron chi connectivity index (χ4n) is 0.638. The highest BCUT2D eigenvalue weighted by molar-refractivity contribution is 7.71. The maximum Gasteiger partial charge on any atom is 0.203 e. The lowest BCUT2D eigenvalue weighted by Crippen LogP contribution is -2.04. The average molecular weight is 170 g/mol. The quantitative estimate of drug-likeness (QED) is 0.672. The van der Waals surface area contributed by atoms with Gasteiger partial charge in [0.2, 0.25) is 10.7 Å². The molecule has 0 saturated heterocycles. The van der Waals surface area contributed by atoms with Gasteiger partial charge in [0.25, 0.3) is 0 Å². The van der Waals surface area contributed by atoms with Crippen LogP contribution in [0.5, 0.6) is 0 Å². The molecule has 1 aromatic rings. The van der Waals surface area contributed by atoms with Crippen molar-refractivity contribution >= 4 is 18.2 Å². The second-order valence-corrected chi connectivity index (χ2v) is 2.47. The maximum atomic E-state index is 4.80. The Bertz CT molecular complexity index is 269. The summed E-state index contributed by atoms with van der Waals surface area (Å²) in [5.74, 6) is 0.687. The maximum absolute atomic E-state index is 4.80. The third kappa shape index (κ3) is 2.63. The Hall–Kier alpha value is -0.970. The summed E-state index contributed by atoms with van der Waals surface area (Å²) >= 11 is 4.80. The van der Waals surface area contributed by atoms with Crippen LogP contribution in [0.4, 0.5) is 5.95 Å². The third-order valence-electron chi connectivity index (χ3n) is 1.13. The minimum Gasteiger partial charge on any atom is -0.356 e. The van der Waals surface area contributed by atoms with Crippen LogP contribution in [0.1, 0.15) is 13.3 Å². The first kappa shape index (κ1) is 8.13. The van der Waals surface area contributed by atoms with Crippen molar-refractivity contribution in [2.24, 2.45) is 0 Å². The molecule has 0 aliphatic rings. The molecule has 0 unspecified atom stereocenters. The molecule has 0 aromatic carbocycles. The van der Waals surface area contributed by atoms with Gasteiger partial charge in [-0.1, -0.05) is 6.92 Å². The van der Waals surface area contributed by atoms with Crippen LogP contribution >= 0.6 is 12.2 Å². The van der Waals surface area contributed by atoms with Crippen molar-refractivity contribution in [3.8, 4) is 0 Å². The van der Waals surface area contributed by atoms with E-state index in [1.807, 2.05) is 0 Å². The fourth-order valence-corrected chi connectivity index (χ4v) is 0.782. The van der Waals surface area contributed by atoms with Gasteiger partial charge in [-0.05, 0) is 18.6 Å². The second kappa shape index (κ2) is 4.02. The predicted octanol–water partition coefficient (Wildman–Crippen LogP) is 1.36. The van der Waals surface area contributed by atoms with E-state index >= 15 is 0 Å². The number of nitrogens with zero attached hydrogens (tertiary/aromatic N) is 2. The molecular weight excluding hydrogens is 160 g/mol. The molecule has 0 aliphatic heterocycles. The van der Waals surface area contributed by atoms with Gasteiger partial charge in [0.05, 0.1) is 0 Å². The Labute approximate surface area is 70.1 Å². The lowest BCUT2D eigenvalue weighted by Gasteiger charge is -2.00. The molecule has 60 valence electrons. The normalized spacial score (nSPS) is 9.55. The predicted molar refractivity (Wildman–Crippen MR) is 46.0 cm³/mol. The molecule has 0 radical (unpaired) electrons. The largest absolute Gasteiger partial charge is 0.356 e. The lowest BCUT2D eigenvalue weighted by molar-refractivity contribution is 0.932. The van der Waals surface area contributed by atoms with Gasteiger partial charge in [-0.15, -0.1) is 0 Å². The first-order chi connectivity index (χ1) is 5.33. The van der Waals surface area contributed by atoms with E-state index in [4.69, 9.17) is 12.2 Å². The molecule has 11 heavy (non-hydrogen) atoms. The Balaban J connectivity index is 2.64. The number of H-pyrrole nitrogens is 1. The van der Waals surface area contributed by atoms with Crippen LogP contribution in [0.2, 0.25) is 0 Å². The molecule has 0 spiro atoms. The topological polar surface area (TPSA) is 53.6 Å². The zero-order chi connectivity index (χ0) is 8.10. The minimum atomic E-state index is 0.457. The Kier molecular flexibility index (Phi) is 2.97. The van der Waals surface area contributed by atoms with Gasteiger partial charge in [-0.2, -0.15) is 0 Å². The Morgan fingerprint density at radius 2 is 2.45 bits per heavy atom. The van der Waals surface area contributed by atoms with Crippen LogP contribution in [0.15, 0.2) is 6.33 Å². The summed E-state index contributed by atoms with van der Waals surface area (Å²) in [6.07, 6.45) is 2.50. The summed E-state index contributed by atoms with van der Waals surface area (Å²) in [6, 6.07) is 0. The number of anilines is 1. The highest BCUT2D eigenvalue weighted by Crippen LogP contribution is 1.92. The van der Waals surface area contributed by atoms with Gasteiger partial charge in [0.15, 0.2) is 0 Å². The van der Waals surface area contributed by atoms with Gasteiger partial charge in [-0.25, -0.2) is 9.97 Å². The molecule has 1 heterocycles. The second-order valence-electron chi connectivity index (χ2n) is 2.08. The number of hydrogen-bond donors (Lipinski definition) is 2. The minimum absolute atomic E-state index is 0.457. The van der Waals surface area contributed by atoms with Crippen LogP contribution in [0.25, 0.3) is 0 Å². The summed E-state index contributed by atoms with van der Waals surface area (Å²) in [7, 11) is 0. The SMILES string of the molecule is CCCNc1ncnc(=S)[nH]1. The van der Waals surface area contributed by atoms with Crippen molar-refractivity contribution in [3.63, 3.8) is 0 Å². The van der Waals surface area contributed by atoms with E-state index in [-0.39, 0.29) is 0 Å². The number of nitrogens with one attached hydrogen (secondary N) is 2. The van der Waals surface area contributed by atoms with Gasteiger partial charge in [0.1, 0.15) is 6.33 Å². The number of rotatable bonds is 3. The molecule has 5 heteroatoms. The Morgan fingerprint density at radius 3 is 3.09 bits per heavy atom. The monoisotopic (exact) mass is 170 g/mol. The van der Waals surface area contributed by atoms with Gasteiger partial charge in [0, 0.05) is 6.54 Å². The van der Waals surface area contributed by atoms with Crippen LogP contribution in [0, 0.1) is 4.77 Å².